The first-order chi connectivity index (χ1) is 12.4. The number of carbonyl (C=O) groups is 1. The van der Waals surface area contributed by atoms with Crippen LogP contribution >= 0.6 is 0 Å². The lowest BCUT2D eigenvalue weighted by Gasteiger charge is -2.11. The normalized spacial score (nSPS) is 10.8. The van der Waals surface area contributed by atoms with E-state index in [0.29, 0.717) is 11.3 Å². The largest absolute Gasteiger partial charge is 0.321 e. The third-order valence-corrected chi connectivity index (χ3v) is 4.02. The molecule has 6 heteroatoms. The minimum absolute atomic E-state index is 0.233. The lowest BCUT2D eigenvalue weighted by Crippen LogP contribution is -2.13. The van der Waals surface area contributed by atoms with Crippen molar-refractivity contribution in [3.05, 3.63) is 71.8 Å². The van der Waals surface area contributed by atoms with Crippen LogP contribution in [0.1, 0.15) is 41.5 Å². The molecule has 0 fully saturated rings. The molecule has 0 aromatic carbocycles. The Hall–Kier alpha value is -3.15. The van der Waals surface area contributed by atoms with Gasteiger partial charge in [-0.15, -0.1) is 0 Å². The van der Waals surface area contributed by atoms with Gasteiger partial charge in [-0.25, -0.2) is 4.98 Å². The van der Waals surface area contributed by atoms with Crippen molar-refractivity contribution in [3.8, 4) is 11.1 Å². The molecule has 0 atom stereocenters. The molecule has 3 aromatic rings. The van der Waals surface area contributed by atoms with Crippen LogP contribution in [0.5, 0.6) is 0 Å². The van der Waals surface area contributed by atoms with E-state index in [1.165, 1.54) is 12.3 Å². The summed E-state index contributed by atoms with van der Waals surface area (Å²) in [6.45, 7) is 5.90. The summed E-state index contributed by atoms with van der Waals surface area (Å²) in [5.74, 6) is -0.535. The van der Waals surface area contributed by atoms with Crippen LogP contribution in [0.2, 0.25) is 0 Å². The molecule has 0 aliphatic carbocycles. The van der Waals surface area contributed by atoms with Gasteiger partial charge in [-0.05, 0) is 43.2 Å². The summed E-state index contributed by atoms with van der Waals surface area (Å²) in [7, 11) is 0. The number of nitrogens with zero attached hydrogens (tertiary/aromatic N) is 3. The number of halogens is 1. The minimum Gasteiger partial charge on any atom is -0.321 e. The van der Waals surface area contributed by atoms with Gasteiger partial charge in [-0.1, -0.05) is 13.8 Å². The fourth-order valence-corrected chi connectivity index (χ4v) is 2.54. The molecule has 132 valence electrons. The summed E-state index contributed by atoms with van der Waals surface area (Å²) in [6.07, 6.45) is 4.67. The summed E-state index contributed by atoms with van der Waals surface area (Å²) in [4.78, 5) is 24.8. The molecule has 0 radical (unpaired) electrons. The first-order valence-corrected chi connectivity index (χ1v) is 8.30. The minimum atomic E-state index is -0.539. The van der Waals surface area contributed by atoms with Crippen LogP contribution in [0.15, 0.2) is 48.9 Å². The van der Waals surface area contributed by atoms with Gasteiger partial charge in [0.1, 0.15) is 0 Å². The molecular weight excluding hydrogens is 331 g/mol. The monoisotopic (exact) mass is 350 g/mol. The lowest BCUT2D eigenvalue weighted by molar-refractivity contribution is 0.102. The van der Waals surface area contributed by atoms with Gasteiger partial charge in [0.25, 0.3) is 5.91 Å². The molecule has 0 bridgehead atoms. The molecule has 0 aliphatic rings. The van der Waals surface area contributed by atoms with Crippen LogP contribution in [0, 0.1) is 12.9 Å². The summed E-state index contributed by atoms with van der Waals surface area (Å²) in [6, 6.07) is 8.19. The fourth-order valence-electron chi connectivity index (χ4n) is 2.54. The number of amides is 1. The second kappa shape index (κ2) is 7.39. The van der Waals surface area contributed by atoms with Crippen molar-refractivity contribution >= 4 is 11.6 Å². The number of carbonyl (C=O) groups excluding carboxylic acids is 1. The summed E-state index contributed by atoms with van der Waals surface area (Å²) in [5, 5.41) is 2.85. The zero-order chi connectivity index (χ0) is 18.7. The second-order valence-electron chi connectivity index (χ2n) is 6.30. The predicted octanol–water partition coefficient (Wildman–Crippen LogP) is 4.36. The van der Waals surface area contributed by atoms with Gasteiger partial charge in [-0.2, -0.15) is 4.39 Å². The number of nitrogens with one attached hydrogen (secondary N) is 1. The van der Waals surface area contributed by atoms with Crippen LogP contribution in [0.25, 0.3) is 11.1 Å². The number of anilines is 1. The number of aromatic nitrogens is 3. The maximum Gasteiger partial charge on any atom is 0.255 e. The number of hydrogen-bond donors (Lipinski definition) is 1. The topological polar surface area (TPSA) is 67.8 Å². The molecule has 0 unspecified atom stereocenters. The third kappa shape index (κ3) is 3.91. The molecule has 3 aromatic heterocycles. The molecule has 26 heavy (non-hydrogen) atoms. The molecule has 1 N–H and O–H groups in total. The van der Waals surface area contributed by atoms with Crippen LogP contribution in [-0.4, -0.2) is 20.9 Å². The van der Waals surface area contributed by atoms with E-state index in [9.17, 15) is 9.18 Å². The van der Waals surface area contributed by atoms with Gasteiger partial charge in [0, 0.05) is 40.5 Å². The van der Waals surface area contributed by atoms with Gasteiger partial charge >= 0.3 is 0 Å². The van der Waals surface area contributed by atoms with E-state index >= 15 is 0 Å². The molecule has 3 rings (SSSR count). The van der Waals surface area contributed by atoms with Gasteiger partial charge < -0.3 is 5.32 Å². The van der Waals surface area contributed by atoms with Crippen molar-refractivity contribution in [1.82, 2.24) is 15.0 Å². The lowest BCUT2D eigenvalue weighted by atomic mass is 10.1. The Morgan fingerprint density at radius 2 is 1.88 bits per heavy atom. The average molecular weight is 350 g/mol. The fraction of sp³-hybridized carbons (Fsp3) is 0.200. The van der Waals surface area contributed by atoms with E-state index in [1.807, 2.05) is 20.8 Å². The molecular formula is C20H19FN4O. The number of rotatable bonds is 4. The highest BCUT2D eigenvalue weighted by molar-refractivity contribution is 6.04. The van der Waals surface area contributed by atoms with Crippen molar-refractivity contribution < 1.29 is 9.18 Å². The van der Waals surface area contributed by atoms with Crippen LogP contribution in [-0.2, 0) is 0 Å². The number of pyridine rings is 3. The summed E-state index contributed by atoms with van der Waals surface area (Å²) >= 11 is 0. The highest BCUT2D eigenvalue weighted by Crippen LogP contribution is 2.25. The zero-order valence-electron chi connectivity index (χ0n) is 14.8. The van der Waals surface area contributed by atoms with Gasteiger partial charge in [0.2, 0.25) is 5.95 Å². The average Bonchev–Trinajstić information content (AvgIpc) is 2.64. The van der Waals surface area contributed by atoms with Crippen molar-refractivity contribution in [2.75, 3.05) is 5.32 Å². The number of hydrogen-bond acceptors (Lipinski definition) is 4. The third-order valence-electron chi connectivity index (χ3n) is 4.02. The quantitative estimate of drug-likeness (QED) is 0.710. The maximum atomic E-state index is 13.0. The van der Waals surface area contributed by atoms with E-state index in [-0.39, 0.29) is 11.8 Å². The van der Waals surface area contributed by atoms with Crippen molar-refractivity contribution in [1.29, 1.82) is 0 Å². The Balaban J connectivity index is 1.86. The second-order valence-corrected chi connectivity index (χ2v) is 6.30. The summed E-state index contributed by atoms with van der Waals surface area (Å²) < 4.78 is 13.0. The van der Waals surface area contributed by atoms with Crippen molar-refractivity contribution in [2.45, 2.75) is 26.7 Å². The van der Waals surface area contributed by atoms with Crippen molar-refractivity contribution in [2.24, 2.45) is 0 Å². The highest BCUT2D eigenvalue weighted by atomic mass is 19.1. The molecule has 1 amide bonds. The summed E-state index contributed by atoms with van der Waals surface area (Å²) in [5.41, 5.74) is 4.24. The van der Waals surface area contributed by atoms with Gasteiger partial charge in [-0.3, -0.25) is 14.8 Å². The number of aryl methyl sites for hydroxylation is 1. The van der Waals surface area contributed by atoms with E-state index in [4.69, 9.17) is 0 Å². The SMILES string of the molecule is Cc1ncc(NC(=O)c2ccnc(C(C)C)c2)cc1-c1ccc(F)nc1. The van der Waals surface area contributed by atoms with Gasteiger partial charge in [0.05, 0.1) is 11.9 Å². The molecule has 0 saturated heterocycles. The van der Waals surface area contributed by atoms with Crippen molar-refractivity contribution in [3.63, 3.8) is 0 Å². The van der Waals surface area contributed by atoms with E-state index in [0.717, 1.165) is 22.5 Å². The Labute approximate surface area is 151 Å². The Bertz CT molecular complexity index is 939. The molecule has 3 heterocycles. The standard InChI is InChI=1S/C20H19FN4O/c1-12(2)18-8-14(6-7-22-18)20(26)25-16-9-17(13(3)23-11-16)15-4-5-19(21)24-10-15/h4-12H,1-3H3,(H,25,26). The Morgan fingerprint density at radius 1 is 1.08 bits per heavy atom. The van der Waals surface area contributed by atoms with E-state index < -0.39 is 5.95 Å². The first kappa shape index (κ1) is 17.7. The smallest absolute Gasteiger partial charge is 0.255 e. The van der Waals surface area contributed by atoms with Gasteiger partial charge in [0.15, 0.2) is 0 Å². The predicted molar refractivity (Wildman–Crippen MR) is 98.4 cm³/mol. The first-order valence-electron chi connectivity index (χ1n) is 8.30. The van der Waals surface area contributed by atoms with E-state index in [1.54, 1.807) is 36.7 Å². The van der Waals surface area contributed by atoms with Crippen LogP contribution in [0.4, 0.5) is 10.1 Å². The highest BCUT2D eigenvalue weighted by Gasteiger charge is 2.11. The van der Waals surface area contributed by atoms with E-state index in [2.05, 4.69) is 20.3 Å². The molecule has 0 spiro atoms. The maximum absolute atomic E-state index is 13.0. The molecule has 0 aliphatic heterocycles. The molecule has 0 saturated carbocycles. The Kier molecular flexibility index (Phi) is 5.02. The van der Waals surface area contributed by atoms with Crippen LogP contribution in [0.3, 0.4) is 0 Å². The van der Waals surface area contributed by atoms with Crippen LogP contribution < -0.4 is 5.32 Å². The molecule has 5 nitrogen and oxygen atoms in total. The Morgan fingerprint density at radius 3 is 2.58 bits per heavy atom. The zero-order valence-corrected chi connectivity index (χ0v) is 14.8.